The number of rotatable bonds is 4. The molecular weight excluding hydrogens is 376 g/mol. The van der Waals surface area contributed by atoms with Crippen LogP contribution in [0.4, 0.5) is 5.69 Å². The van der Waals surface area contributed by atoms with Crippen molar-refractivity contribution in [1.29, 1.82) is 0 Å². The van der Waals surface area contributed by atoms with E-state index in [-0.39, 0.29) is 12.7 Å². The highest BCUT2D eigenvalue weighted by atomic mass is 32.1. The van der Waals surface area contributed by atoms with Gasteiger partial charge in [0.25, 0.3) is 5.91 Å². The third-order valence-electron chi connectivity index (χ3n) is 4.24. The second-order valence-electron chi connectivity index (χ2n) is 6.06. The van der Waals surface area contributed by atoms with Crippen LogP contribution >= 0.6 is 11.3 Å². The van der Waals surface area contributed by atoms with E-state index in [1.807, 2.05) is 36.4 Å². The average Bonchev–Trinajstić information content (AvgIpc) is 3.47. The molecule has 1 aliphatic heterocycles. The van der Waals surface area contributed by atoms with Gasteiger partial charge in [0, 0.05) is 17.3 Å². The number of nitrogens with zero attached hydrogens (tertiary/aromatic N) is 1. The molecule has 0 saturated carbocycles. The number of aromatic nitrogens is 1. The number of ether oxygens (including phenoxy) is 2. The van der Waals surface area contributed by atoms with Crippen molar-refractivity contribution in [2.45, 2.75) is 0 Å². The van der Waals surface area contributed by atoms with Gasteiger partial charge in [-0.25, -0.2) is 4.98 Å². The first-order valence-electron chi connectivity index (χ1n) is 8.59. The number of hydrogen-bond donors (Lipinski definition) is 1. The van der Waals surface area contributed by atoms with Crippen LogP contribution in [0.1, 0.15) is 9.67 Å². The van der Waals surface area contributed by atoms with Gasteiger partial charge in [0.05, 0.1) is 12.0 Å². The molecule has 28 heavy (non-hydrogen) atoms. The third-order valence-corrected chi connectivity index (χ3v) is 5.31. The Balaban J connectivity index is 1.51. The zero-order valence-electron chi connectivity index (χ0n) is 14.5. The van der Waals surface area contributed by atoms with E-state index in [0.29, 0.717) is 38.5 Å². The van der Waals surface area contributed by atoms with E-state index in [2.05, 4.69) is 10.3 Å². The quantitative estimate of drug-likeness (QED) is 0.528. The lowest BCUT2D eigenvalue weighted by Gasteiger charge is -2.06. The lowest BCUT2D eigenvalue weighted by molar-refractivity contribution is 0.103. The lowest BCUT2D eigenvalue weighted by atomic mass is 10.1. The van der Waals surface area contributed by atoms with E-state index in [0.717, 1.165) is 5.56 Å². The Bertz CT molecular complexity index is 1140. The van der Waals surface area contributed by atoms with Crippen molar-refractivity contribution in [1.82, 2.24) is 4.98 Å². The monoisotopic (exact) mass is 390 g/mol. The predicted octanol–water partition coefficient (Wildman–Crippen LogP) is 5.05. The number of nitrogens with one attached hydrogen (secondary N) is 1. The molecule has 0 spiro atoms. The van der Waals surface area contributed by atoms with Gasteiger partial charge in [0.2, 0.25) is 6.79 Å². The topological polar surface area (TPSA) is 73.6 Å². The van der Waals surface area contributed by atoms with Crippen molar-refractivity contribution < 1.29 is 18.7 Å². The number of carbonyl (C=O) groups excluding carboxylic acids is 1. The Hall–Kier alpha value is -3.58. The maximum atomic E-state index is 13.0. The van der Waals surface area contributed by atoms with Crippen LogP contribution in [0.5, 0.6) is 11.5 Å². The molecule has 0 radical (unpaired) electrons. The molecule has 0 fully saturated rings. The summed E-state index contributed by atoms with van der Waals surface area (Å²) < 4.78 is 16.1. The molecule has 3 heterocycles. The molecule has 2 aromatic heterocycles. The van der Waals surface area contributed by atoms with Gasteiger partial charge in [-0.1, -0.05) is 30.3 Å². The summed E-state index contributed by atoms with van der Waals surface area (Å²) in [6, 6.07) is 18.5. The maximum Gasteiger partial charge on any atom is 0.268 e. The zero-order chi connectivity index (χ0) is 18.9. The second kappa shape index (κ2) is 6.86. The zero-order valence-corrected chi connectivity index (χ0v) is 15.4. The predicted molar refractivity (Wildman–Crippen MR) is 106 cm³/mol. The first-order chi connectivity index (χ1) is 13.8. The minimum Gasteiger partial charge on any atom is -0.462 e. The fourth-order valence-corrected chi connectivity index (χ4v) is 3.88. The maximum absolute atomic E-state index is 13.0. The van der Waals surface area contributed by atoms with Crippen molar-refractivity contribution in [3.8, 4) is 33.5 Å². The first-order valence-corrected chi connectivity index (χ1v) is 9.41. The number of hydrogen-bond acceptors (Lipinski definition) is 6. The second-order valence-corrected chi connectivity index (χ2v) is 7.06. The molecule has 4 aromatic rings. The Morgan fingerprint density at radius 3 is 2.68 bits per heavy atom. The number of carbonyl (C=O) groups is 1. The summed E-state index contributed by atoms with van der Waals surface area (Å²) in [7, 11) is 0. The highest BCUT2D eigenvalue weighted by molar-refractivity contribution is 7.17. The van der Waals surface area contributed by atoms with Crippen LogP contribution in [-0.4, -0.2) is 17.7 Å². The SMILES string of the molecule is O=C(Nc1ccc2c(c1)OCO2)c1sc(-c2ccco2)nc1-c1ccccc1. The molecule has 0 bridgehead atoms. The van der Waals surface area contributed by atoms with Crippen molar-refractivity contribution in [2.75, 3.05) is 12.1 Å². The molecule has 0 atom stereocenters. The molecule has 1 aliphatic rings. The van der Waals surface area contributed by atoms with Gasteiger partial charge in [0.15, 0.2) is 22.3 Å². The van der Waals surface area contributed by atoms with Gasteiger partial charge in [-0.3, -0.25) is 4.79 Å². The van der Waals surface area contributed by atoms with Crippen molar-refractivity contribution in [3.63, 3.8) is 0 Å². The summed E-state index contributed by atoms with van der Waals surface area (Å²) >= 11 is 1.29. The summed E-state index contributed by atoms with van der Waals surface area (Å²) in [5, 5.41) is 3.57. The van der Waals surface area contributed by atoms with Crippen molar-refractivity contribution in [3.05, 3.63) is 71.8 Å². The average molecular weight is 390 g/mol. The Labute approximate surface area is 164 Å². The van der Waals surface area contributed by atoms with E-state index in [1.54, 1.807) is 30.5 Å². The minimum absolute atomic E-state index is 0.187. The van der Waals surface area contributed by atoms with Gasteiger partial charge in [-0.05, 0) is 24.3 Å². The number of benzene rings is 2. The summed E-state index contributed by atoms with van der Waals surface area (Å²) in [6.07, 6.45) is 1.59. The molecule has 1 amide bonds. The van der Waals surface area contributed by atoms with E-state index >= 15 is 0 Å². The fraction of sp³-hybridized carbons (Fsp3) is 0.0476. The Morgan fingerprint density at radius 2 is 1.86 bits per heavy atom. The van der Waals surface area contributed by atoms with E-state index in [9.17, 15) is 4.79 Å². The molecule has 0 saturated heterocycles. The highest BCUT2D eigenvalue weighted by Gasteiger charge is 2.22. The van der Waals surface area contributed by atoms with E-state index in [4.69, 9.17) is 13.9 Å². The summed E-state index contributed by atoms with van der Waals surface area (Å²) in [4.78, 5) is 18.2. The van der Waals surface area contributed by atoms with Crippen LogP contribution < -0.4 is 14.8 Å². The van der Waals surface area contributed by atoms with Crippen LogP contribution in [0.2, 0.25) is 0 Å². The molecule has 0 unspecified atom stereocenters. The van der Waals surface area contributed by atoms with Crippen LogP contribution in [0.25, 0.3) is 22.0 Å². The van der Waals surface area contributed by atoms with Crippen LogP contribution in [0.3, 0.4) is 0 Å². The molecule has 0 aliphatic carbocycles. The largest absolute Gasteiger partial charge is 0.462 e. The molecule has 5 rings (SSSR count). The summed E-state index contributed by atoms with van der Waals surface area (Å²) in [6.45, 7) is 0.187. The Morgan fingerprint density at radius 1 is 1.00 bits per heavy atom. The van der Waals surface area contributed by atoms with Crippen LogP contribution in [0.15, 0.2) is 71.3 Å². The number of anilines is 1. The molecular formula is C21H14N2O4S. The highest BCUT2D eigenvalue weighted by Crippen LogP contribution is 2.36. The third kappa shape index (κ3) is 3.01. The minimum atomic E-state index is -0.243. The van der Waals surface area contributed by atoms with Crippen LogP contribution in [-0.2, 0) is 0 Å². The van der Waals surface area contributed by atoms with Gasteiger partial charge in [-0.15, -0.1) is 11.3 Å². The van der Waals surface area contributed by atoms with Crippen molar-refractivity contribution in [2.24, 2.45) is 0 Å². The molecule has 2 aromatic carbocycles. The first kappa shape index (κ1) is 16.6. The smallest absolute Gasteiger partial charge is 0.268 e. The lowest BCUT2D eigenvalue weighted by Crippen LogP contribution is -2.11. The number of fused-ring (bicyclic) bond motifs is 1. The van der Waals surface area contributed by atoms with Gasteiger partial charge < -0.3 is 19.2 Å². The summed E-state index contributed by atoms with van der Waals surface area (Å²) in [5.41, 5.74) is 2.11. The number of thiazole rings is 1. The molecule has 1 N–H and O–H groups in total. The molecule has 7 heteroatoms. The summed E-state index contributed by atoms with van der Waals surface area (Å²) in [5.74, 6) is 1.67. The van der Waals surface area contributed by atoms with Crippen LogP contribution in [0, 0.1) is 0 Å². The van der Waals surface area contributed by atoms with Gasteiger partial charge in [-0.2, -0.15) is 0 Å². The molecule has 138 valence electrons. The van der Waals surface area contributed by atoms with E-state index < -0.39 is 0 Å². The van der Waals surface area contributed by atoms with E-state index in [1.165, 1.54) is 11.3 Å². The Kier molecular flexibility index (Phi) is 4.06. The molecule has 6 nitrogen and oxygen atoms in total. The normalized spacial score (nSPS) is 12.1. The fourth-order valence-electron chi connectivity index (χ4n) is 2.93. The van der Waals surface area contributed by atoms with Gasteiger partial charge in [0.1, 0.15) is 4.88 Å². The van der Waals surface area contributed by atoms with Gasteiger partial charge >= 0.3 is 0 Å². The standard InChI is InChI=1S/C21H14N2O4S/c24-20(22-14-8-9-15-17(11-14)27-12-26-15)19-18(13-5-2-1-3-6-13)23-21(28-19)16-7-4-10-25-16/h1-11H,12H2,(H,22,24). The number of furan rings is 1. The van der Waals surface area contributed by atoms with Crippen molar-refractivity contribution >= 4 is 22.9 Å². The number of amides is 1.